The van der Waals surface area contributed by atoms with Crippen molar-refractivity contribution >= 4 is 29.1 Å². The fraction of sp³-hybridized carbons (Fsp3) is 0.143. The van der Waals surface area contributed by atoms with Gasteiger partial charge < -0.3 is 5.73 Å². The highest BCUT2D eigenvalue weighted by molar-refractivity contribution is 7.98. The van der Waals surface area contributed by atoms with E-state index in [1.807, 2.05) is 37.3 Å². The van der Waals surface area contributed by atoms with Crippen LogP contribution in [0.4, 0.5) is 5.69 Å². The van der Waals surface area contributed by atoms with Gasteiger partial charge in [0, 0.05) is 21.4 Å². The van der Waals surface area contributed by atoms with Crippen LogP contribution in [0.2, 0.25) is 5.02 Å². The SMILES string of the molecule is Cc1cc(SCc2ccccc2Cl)ccc1N. The van der Waals surface area contributed by atoms with Crippen molar-refractivity contribution in [3.8, 4) is 0 Å². The molecule has 0 radical (unpaired) electrons. The van der Waals surface area contributed by atoms with Crippen LogP contribution in [-0.4, -0.2) is 0 Å². The van der Waals surface area contributed by atoms with Crippen LogP contribution in [0.5, 0.6) is 0 Å². The number of halogens is 1. The van der Waals surface area contributed by atoms with E-state index in [-0.39, 0.29) is 0 Å². The van der Waals surface area contributed by atoms with Crippen molar-refractivity contribution in [3.05, 3.63) is 58.6 Å². The lowest BCUT2D eigenvalue weighted by molar-refractivity contribution is 1.34. The summed E-state index contributed by atoms with van der Waals surface area (Å²) in [6, 6.07) is 14.0. The summed E-state index contributed by atoms with van der Waals surface area (Å²) in [5.41, 5.74) is 8.91. The van der Waals surface area contributed by atoms with Crippen LogP contribution in [0.15, 0.2) is 47.4 Å². The molecular weight excluding hydrogens is 250 g/mol. The summed E-state index contributed by atoms with van der Waals surface area (Å²) in [7, 11) is 0. The minimum Gasteiger partial charge on any atom is -0.399 e. The maximum atomic E-state index is 6.11. The average molecular weight is 264 g/mol. The van der Waals surface area contributed by atoms with Gasteiger partial charge in [-0.05, 0) is 42.3 Å². The first kappa shape index (κ1) is 12.3. The van der Waals surface area contributed by atoms with Crippen LogP contribution in [0.1, 0.15) is 11.1 Å². The molecule has 0 spiro atoms. The van der Waals surface area contributed by atoms with E-state index >= 15 is 0 Å². The molecule has 2 rings (SSSR count). The summed E-state index contributed by atoms with van der Waals surface area (Å²) in [6.07, 6.45) is 0. The largest absolute Gasteiger partial charge is 0.399 e. The number of thioether (sulfide) groups is 1. The number of nitrogen functional groups attached to an aromatic ring is 1. The van der Waals surface area contributed by atoms with Gasteiger partial charge in [0.2, 0.25) is 0 Å². The molecule has 2 aromatic rings. The van der Waals surface area contributed by atoms with Crippen LogP contribution in [0.3, 0.4) is 0 Å². The Morgan fingerprint density at radius 3 is 2.65 bits per heavy atom. The normalized spacial score (nSPS) is 10.5. The molecule has 0 fully saturated rings. The third-order valence-electron chi connectivity index (χ3n) is 2.59. The molecule has 0 heterocycles. The second-order valence-electron chi connectivity index (χ2n) is 3.90. The quantitative estimate of drug-likeness (QED) is 0.651. The Balaban J connectivity index is 2.08. The Labute approximate surface area is 111 Å². The molecule has 0 aliphatic carbocycles. The highest BCUT2D eigenvalue weighted by atomic mass is 35.5. The summed E-state index contributed by atoms with van der Waals surface area (Å²) in [5, 5.41) is 0.826. The van der Waals surface area contributed by atoms with E-state index in [1.54, 1.807) is 11.8 Å². The van der Waals surface area contributed by atoms with Crippen LogP contribution >= 0.6 is 23.4 Å². The smallest absolute Gasteiger partial charge is 0.0446 e. The minimum absolute atomic E-state index is 0.826. The van der Waals surface area contributed by atoms with Gasteiger partial charge in [0.1, 0.15) is 0 Å². The highest BCUT2D eigenvalue weighted by Crippen LogP contribution is 2.28. The van der Waals surface area contributed by atoms with Gasteiger partial charge in [0.25, 0.3) is 0 Å². The molecule has 0 aliphatic rings. The molecule has 2 N–H and O–H groups in total. The molecule has 0 aromatic heterocycles. The maximum absolute atomic E-state index is 6.11. The first-order chi connectivity index (χ1) is 8.16. The topological polar surface area (TPSA) is 26.0 Å². The van der Waals surface area contributed by atoms with Gasteiger partial charge in [-0.3, -0.25) is 0 Å². The number of hydrogen-bond donors (Lipinski definition) is 1. The summed E-state index contributed by atoms with van der Waals surface area (Å²) >= 11 is 7.88. The van der Waals surface area contributed by atoms with E-state index in [2.05, 4.69) is 12.1 Å². The van der Waals surface area contributed by atoms with Crippen LogP contribution in [0.25, 0.3) is 0 Å². The summed E-state index contributed by atoms with van der Waals surface area (Å²) in [4.78, 5) is 1.22. The third kappa shape index (κ3) is 3.18. The van der Waals surface area contributed by atoms with E-state index in [4.69, 9.17) is 17.3 Å². The van der Waals surface area contributed by atoms with Crippen molar-refractivity contribution in [1.82, 2.24) is 0 Å². The Kier molecular flexibility index (Phi) is 3.97. The number of rotatable bonds is 3. The molecule has 88 valence electrons. The molecule has 0 unspecified atom stereocenters. The maximum Gasteiger partial charge on any atom is 0.0446 e. The lowest BCUT2D eigenvalue weighted by Crippen LogP contribution is -1.89. The number of benzene rings is 2. The Hall–Kier alpha value is -1.12. The number of aryl methyl sites for hydroxylation is 1. The summed E-state index contributed by atoms with van der Waals surface area (Å²) < 4.78 is 0. The molecule has 2 aromatic carbocycles. The van der Waals surface area contributed by atoms with Crippen LogP contribution < -0.4 is 5.73 Å². The van der Waals surface area contributed by atoms with Gasteiger partial charge in [-0.2, -0.15) is 0 Å². The Bertz CT molecular complexity index is 525. The molecule has 0 atom stereocenters. The first-order valence-electron chi connectivity index (χ1n) is 5.39. The predicted octanol–water partition coefficient (Wildman–Crippen LogP) is 4.52. The van der Waals surface area contributed by atoms with E-state index in [0.717, 1.165) is 27.6 Å². The van der Waals surface area contributed by atoms with Gasteiger partial charge >= 0.3 is 0 Å². The molecule has 0 saturated heterocycles. The molecule has 17 heavy (non-hydrogen) atoms. The van der Waals surface area contributed by atoms with Crippen molar-refractivity contribution < 1.29 is 0 Å². The molecule has 3 heteroatoms. The van der Waals surface area contributed by atoms with Crippen molar-refractivity contribution in [1.29, 1.82) is 0 Å². The van der Waals surface area contributed by atoms with Gasteiger partial charge in [-0.25, -0.2) is 0 Å². The first-order valence-corrected chi connectivity index (χ1v) is 6.75. The zero-order chi connectivity index (χ0) is 12.3. The van der Waals surface area contributed by atoms with Crippen molar-refractivity contribution in [2.75, 3.05) is 5.73 Å². The van der Waals surface area contributed by atoms with Crippen LogP contribution in [0, 0.1) is 6.92 Å². The molecular formula is C14H14ClNS. The zero-order valence-electron chi connectivity index (χ0n) is 9.61. The fourth-order valence-corrected chi connectivity index (χ4v) is 2.79. The van der Waals surface area contributed by atoms with Crippen molar-refractivity contribution in [3.63, 3.8) is 0 Å². The Morgan fingerprint density at radius 2 is 1.94 bits per heavy atom. The van der Waals surface area contributed by atoms with Crippen molar-refractivity contribution in [2.24, 2.45) is 0 Å². The molecule has 0 bridgehead atoms. The van der Waals surface area contributed by atoms with Gasteiger partial charge in [0.15, 0.2) is 0 Å². The molecule has 0 amide bonds. The zero-order valence-corrected chi connectivity index (χ0v) is 11.2. The van der Waals surface area contributed by atoms with E-state index < -0.39 is 0 Å². The Morgan fingerprint density at radius 1 is 1.18 bits per heavy atom. The van der Waals surface area contributed by atoms with Gasteiger partial charge in [-0.15, -0.1) is 11.8 Å². The fourth-order valence-electron chi connectivity index (χ4n) is 1.51. The average Bonchev–Trinajstić information content (AvgIpc) is 2.32. The molecule has 0 saturated carbocycles. The van der Waals surface area contributed by atoms with Gasteiger partial charge in [0.05, 0.1) is 0 Å². The standard InChI is InChI=1S/C14H14ClNS/c1-10-8-12(6-7-14(10)16)17-9-11-4-2-3-5-13(11)15/h2-8H,9,16H2,1H3. The number of nitrogens with two attached hydrogens (primary N) is 1. The van der Waals surface area contributed by atoms with Gasteiger partial charge in [-0.1, -0.05) is 29.8 Å². The van der Waals surface area contributed by atoms with E-state index in [9.17, 15) is 0 Å². The second-order valence-corrected chi connectivity index (χ2v) is 5.35. The van der Waals surface area contributed by atoms with E-state index in [0.29, 0.717) is 0 Å². The lowest BCUT2D eigenvalue weighted by Gasteiger charge is -2.06. The predicted molar refractivity (Wildman–Crippen MR) is 76.6 cm³/mol. The molecule has 1 nitrogen and oxygen atoms in total. The highest BCUT2D eigenvalue weighted by Gasteiger charge is 2.01. The minimum atomic E-state index is 0.826. The molecule has 0 aliphatic heterocycles. The lowest BCUT2D eigenvalue weighted by atomic mass is 10.2. The second kappa shape index (κ2) is 5.48. The number of anilines is 1. The third-order valence-corrected chi connectivity index (χ3v) is 4.00. The van der Waals surface area contributed by atoms with E-state index in [1.165, 1.54) is 4.90 Å². The monoisotopic (exact) mass is 263 g/mol. The van der Waals surface area contributed by atoms with Crippen LogP contribution in [-0.2, 0) is 5.75 Å². The number of hydrogen-bond acceptors (Lipinski definition) is 2. The summed E-state index contributed by atoms with van der Waals surface area (Å²) in [6.45, 7) is 2.02. The van der Waals surface area contributed by atoms with Crippen molar-refractivity contribution in [2.45, 2.75) is 17.6 Å². The summed E-state index contributed by atoms with van der Waals surface area (Å²) in [5.74, 6) is 0.878.